The van der Waals surface area contributed by atoms with Crippen molar-refractivity contribution in [3.63, 3.8) is 0 Å². The number of aryl methyl sites for hydroxylation is 1. The summed E-state index contributed by atoms with van der Waals surface area (Å²) in [5.41, 5.74) is 4.12. The summed E-state index contributed by atoms with van der Waals surface area (Å²) in [5, 5.41) is 2.93. The Labute approximate surface area is 172 Å². The molecule has 3 rings (SSSR count). The molecule has 0 fully saturated rings. The van der Waals surface area contributed by atoms with Crippen molar-refractivity contribution in [2.75, 3.05) is 18.0 Å². The molecule has 29 heavy (non-hydrogen) atoms. The maximum Gasteiger partial charge on any atom is 0.258 e. The van der Waals surface area contributed by atoms with Gasteiger partial charge in [-0.1, -0.05) is 48.5 Å². The van der Waals surface area contributed by atoms with E-state index in [9.17, 15) is 9.59 Å². The molecule has 0 heterocycles. The van der Waals surface area contributed by atoms with E-state index in [1.165, 1.54) is 5.56 Å². The molecule has 0 aliphatic carbocycles. The number of carbonyl (C=O) groups excluding carboxylic acids is 2. The van der Waals surface area contributed by atoms with Gasteiger partial charge in [-0.05, 0) is 61.7 Å². The Hall–Kier alpha value is -3.40. The molecule has 3 aromatic carbocycles. The Bertz CT molecular complexity index is 983. The summed E-state index contributed by atoms with van der Waals surface area (Å²) in [6.45, 7) is 5.05. The van der Waals surface area contributed by atoms with Crippen molar-refractivity contribution in [2.45, 2.75) is 20.3 Å². The lowest BCUT2D eigenvalue weighted by Gasteiger charge is -2.22. The molecule has 0 spiro atoms. The van der Waals surface area contributed by atoms with Gasteiger partial charge in [0.15, 0.2) is 0 Å². The summed E-state index contributed by atoms with van der Waals surface area (Å²) in [6.07, 6.45) is 0.766. The molecule has 0 radical (unpaired) electrons. The van der Waals surface area contributed by atoms with Gasteiger partial charge in [-0.2, -0.15) is 0 Å². The molecule has 2 amide bonds. The van der Waals surface area contributed by atoms with Crippen LogP contribution in [0.15, 0.2) is 78.9 Å². The molecule has 1 N–H and O–H groups in total. The van der Waals surface area contributed by atoms with Crippen molar-refractivity contribution >= 4 is 17.5 Å². The smallest absolute Gasteiger partial charge is 0.258 e. The Kier molecular flexibility index (Phi) is 6.80. The molecule has 0 aliphatic heterocycles. The third kappa shape index (κ3) is 5.32. The predicted octanol–water partition coefficient (Wildman–Crippen LogP) is 4.63. The molecule has 0 saturated heterocycles. The van der Waals surface area contributed by atoms with Crippen LogP contribution >= 0.6 is 0 Å². The number of carbonyl (C=O) groups is 2. The van der Waals surface area contributed by atoms with E-state index >= 15 is 0 Å². The quantitative estimate of drug-likeness (QED) is 0.643. The van der Waals surface area contributed by atoms with E-state index in [-0.39, 0.29) is 11.8 Å². The first kappa shape index (κ1) is 20.3. The van der Waals surface area contributed by atoms with E-state index < -0.39 is 0 Å². The minimum Gasteiger partial charge on any atom is -0.352 e. The molecule has 148 valence electrons. The Morgan fingerprint density at radius 2 is 1.59 bits per heavy atom. The summed E-state index contributed by atoms with van der Waals surface area (Å²) >= 11 is 0. The van der Waals surface area contributed by atoms with E-state index in [0.717, 1.165) is 17.7 Å². The van der Waals surface area contributed by atoms with Crippen LogP contribution in [0.25, 0.3) is 0 Å². The van der Waals surface area contributed by atoms with Gasteiger partial charge < -0.3 is 10.2 Å². The second-order valence-corrected chi connectivity index (χ2v) is 6.96. The SMILES string of the molecule is CCN(C(=O)c1cccc(C(=O)NCCc2ccccc2)c1)c1cccc(C)c1. The minimum atomic E-state index is -0.172. The molecular weight excluding hydrogens is 360 g/mol. The standard InChI is InChI=1S/C25H26N2O2/c1-3-27(23-14-7-9-19(2)17-23)25(29)22-13-8-12-21(18-22)24(28)26-16-15-20-10-5-4-6-11-20/h4-14,17-18H,3,15-16H2,1-2H3,(H,26,28). The number of hydrogen-bond acceptors (Lipinski definition) is 2. The maximum absolute atomic E-state index is 13.1. The lowest BCUT2D eigenvalue weighted by atomic mass is 10.1. The average Bonchev–Trinajstić information content (AvgIpc) is 2.75. The number of nitrogens with one attached hydrogen (secondary N) is 1. The van der Waals surface area contributed by atoms with Crippen LogP contribution in [0.2, 0.25) is 0 Å². The zero-order chi connectivity index (χ0) is 20.6. The van der Waals surface area contributed by atoms with Crippen molar-refractivity contribution in [3.05, 3.63) is 101 Å². The van der Waals surface area contributed by atoms with Crippen LogP contribution in [0.4, 0.5) is 5.69 Å². The van der Waals surface area contributed by atoms with Gasteiger partial charge in [0, 0.05) is 29.9 Å². The summed E-state index contributed by atoms with van der Waals surface area (Å²) in [5.74, 6) is -0.286. The summed E-state index contributed by atoms with van der Waals surface area (Å²) < 4.78 is 0. The van der Waals surface area contributed by atoms with Gasteiger partial charge in [0.2, 0.25) is 0 Å². The van der Waals surface area contributed by atoms with Gasteiger partial charge >= 0.3 is 0 Å². The monoisotopic (exact) mass is 386 g/mol. The van der Waals surface area contributed by atoms with Crippen LogP contribution in [0.1, 0.15) is 38.8 Å². The number of anilines is 1. The van der Waals surface area contributed by atoms with Gasteiger partial charge in [0.1, 0.15) is 0 Å². The Balaban J connectivity index is 1.69. The van der Waals surface area contributed by atoms with Gasteiger partial charge in [-0.15, -0.1) is 0 Å². The third-order valence-electron chi connectivity index (χ3n) is 4.79. The summed E-state index contributed by atoms with van der Waals surface area (Å²) in [7, 11) is 0. The number of rotatable bonds is 7. The van der Waals surface area contributed by atoms with Gasteiger partial charge in [0.05, 0.1) is 0 Å². The maximum atomic E-state index is 13.1. The van der Waals surface area contributed by atoms with Crippen LogP contribution in [-0.2, 0) is 6.42 Å². The molecule has 3 aromatic rings. The molecule has 0 saturated carbocycles. The van der Waals surface area contributed by atoms with Crippen LogP contribution in [0, 0.1) is 6.92 Å². The van der Waals surface area contributed by atoms with Crippen LogP contribution < -0.4 is 10.2 Å². The Morgan fingerprint density at radius 1 is 0.862 bits per heavy atom. The first-order valence-electron chi connectivity index (χ1n) is 9.89. The van der Waals surface area contributed by atoms with E-state index in [1.54, 1.807) is 29.2 Å². The van der Waals surface area contributed by atoms with E-state index in [4.69, 9.17) is 0 Å². The number of amides is 2. The highest BCUT2D eigenvalue weighted by atomic mass is 16.2. The van der Waals surface area contributed by atoms with Crippen molar-refractivity contribution in [2.24, 2.45) is 0 Å². The molecule has 0 bridgehead atoms. The highest BCUT2D eigenvalue weighted by Crippen LogP contribution is 2.19. The normalized spacial score (nSPS) is 10.4. The van der Waals surface area contributed by atoms with Crippen molar-refractivity contribution in [1.29, 1.82) is 0 Å². The van der Waals surface area contributed by atoms with E-state index in [1.807, 2.05) is 68.4 Å². The first-order chi connectivity index (χ1) is 14.1. The highest BCUT2D eigenvalue weighted by Gasteiger charge is 2.17. The van der Waals surface area contributed by atoms with Crippen molar-refractivity contribution in [3.8, 4) is 0 Å². The van der Waals surface area contributed by atoms with E-state index in [2.05, 4.69) is 5.32 Å². The largest absolute Gasteiger partial charge is 0.352 e. The zero-order valence-corrected chi connectivity index (χ0v) is 16.9. The average molecular weight is 386 g/mol. The molecule has 4 nitrogen and oxygen atoms in total. The summed E-state index contributed by atoms with van der Waals surface area (Å²) in [6, 6.07) is 24.8. The fourth-order valence-corrected chi connectivity index (χ4v) is 3.26. The van der Waals surface area contributed by atoms with Crippen LogP contribution in [0.3, 0.4) is 0 Å². The topological polar surface area (TPSA) is 49.4 Å². The highest BCUT2D eigenvalue weighted by molar-refractivity contribution is 6.07. The molecule has 0 aromatic heterocycles. The van der Waals surface area contributed by atoms with Crippen molar-refractivity contribution < 1.29 is 9.59 Å². The lowest BCUT2D eigenvalue weighted by Crippen LogP contribution is -2.31. The first-order valence-corrected chi connectivity index (χ1v) is 9.89. The molecule has 0 atom stereocenters. The number of benzene rings is 3. The van der Waals surface area contributed by atoms with Crippen molar-refractivity contribution in [1.82, 2.24) is 5.32 Å². The zero-order valence-electron chi connectivity index (χ0n) is 16.9. The second kappa shape index (κ2) is 9.69. The fourth-order valence-electron chi connectivity index (χ4n) is 3.26. The van der Waals surface area contributed by atoms with Crippen LogP contribution in [-0.4, -0.2) is 24.9 Å². The van der Waals surface area contributed by atoms with Gasteiger partial charge in [0.25, 0.3) is 11.8 Å². The predicted molar refractivity (Wildman–Crippen MR) is 117 cm³/mol. The number of nitrogens with zero attached hydrogens (tertiary/aromatic N) is 1. The molecule has 4 heteroatoms. The third-order valence-corrected chi connectivity index (χ3v) is 4.79. The molecule has 0 aliphatic rings. The molecule has 0 unspecified atom stereocenters. The van der Waals surface area contributed by atoms with E-state index in [0.29, 0.717) is 24.2 Å². The minimum absolute atomic E-state index is 0.114. The fraction of sp³-hybridized carbons (Fsp3) is 0.200. The van der Waals surface area contributed by atoms with Gasteiger partial charge in [-0.25, -0.2) is 0 Å². The second-order valence-electron chi connectivity index (χ2n) is 6.96. The molecular formula is C25H26N2O2. The van der Waals surface area contributed by atoms with Gasteiger partial charge in [-0.3, -0.25) is 9.59 Å². The summed E-state index contributed by atoms with van der Waals surface area (Å²) in [4.78, 5) is 27.3. The lowest BCUT2D eigenvalue weighted by molar-refractivity contribution is 0.0954. The Morgan fingerprint density at radius 3 is 2.31 bits per heavy atom. The number of hydrogen-bond donors (Lipinski definition) is 1. The van der Waals surface area contributed by atoms with Crippen LogP contribution in [0.5, 0.6) is 0 Å².